The highest BCUT2D eigenvalue weighted by Gasteiger charge is 2.39. The Morgan fingerprint density at radius 2 is 1.48 bits per heavy atom. The molecule has 0 bridgehead atoms. The minimum atomic E-state index is -0.859. The molecule has 7 atom stereocenters. The zero-order valence-corrected chi connectivity index (χ0v) is 28.9. The molecule has 0 aromatic heterocycles. The van der Waals surface area contributed by atoms with Gasteiger partial charge in [-0.3, -0.25) is 4.90 Å². The molecule has 4 aromatic rings. The lowest BCUT2D eigenvalue weighted by Crippen LogP contribution is -2.46. The number of nitrogens with one attached hydrogen (secondary N) is 2. The predicted octanol–water partition coefficient (Wildman–Crippen LogP) is 5.93. The van der Waals surface area contributed by atoms with Gasteiger partial charge in [0.1, 0.15) is 6.04 Å². The van der Waals surface area contributed by atoms with Crippen LogP contribution in [0.4, 0.5) is 10.5 Å². The van der Waals surface area contributed by atoms with Gasteiger partial charge in [-0.1, -0.05) is 104 Å². The van der Waals surface area contributed by atoms with Crippen LogP contribution in [0.1, 0.15) is 60.2 Å². The summed E-state index contributed by atoms with van der Waals surface area (Å²) in [6.45, 7) is 4.60. The first-order chi connectivity index (χ1) is 24.2. The highest BCUT2D eigenvalue weighted by molar-refractivity contribution is 5.92. The van der Waals surface area contributed by atoms with E-state index in [0.717, 1.165) is 27.8 Å². The van der Waals surface area contributed by atoms with Crippen LogP contribution >= 0.6 is 0 Å². The molecule has 0 spiro atoms. The summed E-state index contributed by atoms with van der Waals surface area (Å²) in [5.41, 5.74) is 4.82. The number of aliphatic hydroxyl groups excluding tert-OH is 2. The number of hydrogen-bond acceptors (Lipinski definition) is 8. The molecule has 2 amide bonds. The normalized spacial score (nSPS) is 20.8. The molecule has 10 heteroatoms. The molecule has 0 saturated carbocycles. The third kappa shape index (κ3) is 9.35. The average Bonchev–Trinajstić information content (AvgIpc) is 3.15. The van der Waals surface area contributed by atoms with Crippen molar-refractivity contribution in [2.24, 2.45) is 5.92 Å². The number of amides is 2. The van der Waals surface area contributed by atoms with Gasteiger partial charge in [0.15, 0.2) is 6.29 Å². The van der Waals surface area contributed by atoms with Crippen molar-refractivity contribution in [3.8, 4) is 0 Å². The summed E-state index contributed by atoms with van der Waals surface area (Å²) < 4.78 is 18.1. The number of esters is 1. The fourth-order valence-corrected chi connectivity index (χ4v) is 6.18. The molecule has 4 aromatic carbocycles. The molecule has 4 N–H and O–H groups in total. The Morgan fingerprint density at radius 1 is 0.860 bits per heavy atom. The molecule has 0 radical (unpaired) electrons. The zero-order chi connectivity index (χ0) is 35.6. The van der Waals surface area contributed by atoms with Crippen LogP contribution in [0, 0.1) is 5.92 Å². The third-order valence-electron chi connectivity index (χ3n) is 9.40. The minimum Gasteiger partial charge on any atom is -0.467 e. The minimum absolute atomic E-state index is 0.0435. The topological polar surface area (TPSA) is 130 Å². The number of carbonyl (C=O) groups is 2. The van der Waals surface area contributed by atoms with Gasteiger partial charge in [0.05, 0.1) is 32.0 Å². The second-order valence-corrected chi connectivity index (χ2v) is 12.8. The number of nitrogens with zero attached hydrogens (tertiary/aromatic N) is 1. The number of likely N-dealkylation sites (N-methyl/N-ethyl adjacent to an activating group) is 1. The Labute approximate surface area is 294 Å². The summed E-state index contributed by atoms with van der Waals surface area (Å²) in [4.78, 5) is 27.5. The number of anilines is 1. The molecule has 1 saturated heterocycles. The number of ether oxygens (including phenoxy) is 3. The monoisotopic (exact) mass is 681 g/mol. The van der Waals surface area contributed by atoms with Gasteiger partial charge in [-0.05, 0) is 48.4 Å². The second-order valence-electron chi connectivity index (χ2n) is 12.8. The quantitative estimate of drug-likeness (QED) is 0.128. The van der Waals surface area contributed by atoms with Crippen molar-refractivity contribution in [2.45, 2.75) is 63.6 Å². The average molecular weight is 682 g/mol. The number of urea groups is 1. The first-order valence-corrected chi connectivity index (χ1v) is 16.9. The molecule has 1 aliphatic heterocycles. The van der Waals surface area contributed by atoms with Crippen LogP contribution in [0.25, 0.3) is 0 Å². The number of methoxy groups -OCH3 is 1. The fourth-order valence-electron chi connectivity index (χ4n) is 6.18. The summed E-state index contributed by atoms with van der Waals surface area (Å²) in [6.07, 6.45) is -1.65. The molecule has 264 valence electrons. The SMILES string of the molecule is COC(=O)C(Cc1ccccc1)NC(=O)Nc1ccc(C2OC(CN(C)C(C)C(O)c3ccccc3)C(C)C(c3ccc(CO)cc3)O2)cc1. The number of hydrogen-bond donors (Lipinski definition) is 4. The van der Waals surface area contributed by atoms with Crippen LogP contribution in [0.3, 0.4) is 0 Å². The Bertz CT molecular complexity index is 1650. The van der Waals surface area contributed by atoms with Crippen LogP contribution in [0.15, 0.2) is 109 Å². The van der Waals surface area contributed by atoms with Gasteiger partial charge in [-0.2, -0.15) is 0 Å². The molecular weight excluding hydrogens is 634 g/mol. The van der Waals surface area contributed by atoms with E-state index in [9.17, 15) is 19.8 Å². The molecular formula is C40H47N3O7. The number of carbonyl (C=O) groups excluding carboxylic acids is 2. The molecule has 50 heavy (non-hydrogen) atoms. The van der Waals surface area contributed by atoms with E-state index in [1.54, 1.807) is 12.1 Å². The maximum Gasteiger partial charge on any atom is 0.328 e. The zero-order valence-electron chi connectivity index (χ0n) is 28.9. The lowest BCUT2D eigenvalue weighted by atomic mass is 9.89. The van der Waals surface area contributed by atoms with E-state index in [-0.39, 0.29) is 30.8 Å². The Kier molecular flexibility index (Phi) is 12.8. The van der Waals surface area contributed by atoms with E-state index in [0.29, 0.717) is 18.7 Å². The summed E-state index contributed by atoms with van der Waals surface area (Å²) in [5, 5.41) is 26.2. The smallest absolute Gasteiger partial charge is 0.328 e. The third-order valence-corrected chi connectivity index (χ3v) is 9.40. The molecule has 0 aliphatic carbocycles. The summed E-state index contributed by atoms with van der Waals surface area (Å²) in [7, 11) is 3.28. The molecule has 5 rings (SSSR count). The Morgan fingerprint density at radius 3 is 2.10 bits per heavy atom. The number of rotatable bonds is 13. The van der Waals surface area contributed by atoms with Crippen molar-refractivity contribution in [2.75, 3.05) is 26.0 Å². The van der Waals surface area contributed by atoms with Gasteiger partial charge < -0.3 is 35.1 Å². The Hall–Kier alpha value is -4.58. The largest absolute Gasteiger partial charge is 0.467 e. The van der Waals surface area contributed by atoms with Crippen molar-refractivity contribution >= 4 is 17.7 Å². The van der Waals surface area contributed by atoms with Crippen molar-refractivity contribution < 1.29 is 34.0 Å². The van der Waals surface area contributed by atoms with E-state index in [1.807, 2.05) is 111 Å². The lowest BCUT2D eigenvalue weighted by Gasteiger charge is -2.43. The molecule has 10 nitrogen and oxygen atoms in total. The van der Waals surface area contributed by atoms with Crippen LogP contribution in [0.5, 0.6) is 0 Å². The van der Waals surface area contributed by atoms with Gasteiger partial charge >= 0.3 is 12.0 Å². The van der Waals surface area contributed by atoms with Gasteiger partial charge in [0.25, 0.3) is 0 Å². The van der Waals surface area contributed by atoms with Crippen molar-refractivity contribution in [1.82, 2.24) is 10.2 Å². The maximum atomic E-state index is 12.9. The van der Waals surface area contributed by atoms with Crippen LogP contribution in [-0.2, 0) is 32.0 Å². The number of benzene rings is 4. The van der Waals surface area contributed by atoms with Gasteiger partial charge in [-0.25, -0.2) is 9.59 Å². The van der Waals surface area contributed by atoms with Gasteiger partial charge in [0.2, 0.25) is 0 Å². The van der Waals surface area contributed by atoms with E-state index in [2.05, 4.69) is 22.5 Å². The summed E-state index contributed by atoms with van der Waals surface area (Å²) in [5.74, 6) is -0.581. The van der Waals surface area contributed by atoms with Crippen molar-refractivity contribution in [3.05, 3.63) is 137 Å². The van der Waals surface area contributed by atoms with Crippen LogP contribution in [-0.4, -0.2) is 66.0 Å². The summed E-state index contributed by atoms with van der Waals surface area (Å²) >= 11 is 0. The van der Waals surface area contributed by atoms with Crippen LogP contribution < -0.4 is 10.6 Å². The molecule has 1 aliphatic rings. The first kappa shape index (κ1) is 36.7. The van der Waals surface area contributed by atoms with E-state index < -0.39 is 30.4 Å². The number of aliphatic hydroxyl groups is 2. The van der Waals surface area contributed by atoms with E-state index >= 15 is 0 Å². The van der Waals surface area contributed by atoms with E-state index in [1.165, 1.54) is 7.11 Å². The fraction of sp³-hybridized carbons (Fsp3) is 0.350. The highest BCUT2D eigenvalue weighted by Crippen LogP contribution is 2.42. The highest BCUT2D eigenvalue weighted by atomic mass is 16.7. The van der Waals surface area contributed by atoms with Crippen molar-refractivity contribution in [3.63, 3.8) is 0 Å². The summed E-state index contributed by atoms with van der Waals surface area (Å²) in [6, 6.07) is 32.4. The predicted molar refractivity (Wildman–Crippen MR) is 191 cm³/mol. The van der Waals surface area contributed by atoms with E-state index in [4.69, 9.17) is 14.2 Å². The maximum absolute atomic E-state index is 12.9. The van der Waals surface area contributed by atoms with Gasteiger partial charge in [-0.15, -0.1) is 0 Å². The molecule has 7 unspecified atom stereocenters. The standard InChI is InChI=1S/C40H47N3O7/c1-26-35(24-43(3)27(2)36(45)30-13-9-6-10-14-30)49-39(50-37(26)31-17-15-29(25-44)16-18-31)32-19-21-33(22-20-32)41-40(47)42-34(38(46)48-4)23-28-11-7-5-8-12-28/h5-22,26-27,34-37,39,44-45H,23-25H2,1-4H3,(H2,41,42,47). The lowest BCUT2D eigenvalue weighted by molar-refractivity contribution is -0.276. The van der Waals surface area contributed by atoms with Crippen molar-refractivity contribution in [1.29, 1.82) is 0 Å². The van der Waals surface area contributed by atoms with Crippen LogP contribution in [0.2, 0.25) is 0 Å². The molecule has 1 fully saturated rings. The van der Waals surface area contributed by atoms with Gasteiger partial charge in [0, 0.05) is 36.2 Å². The first-order valence-electron chi connectivity index (χ1n) is 16.9. The molecule has 1 heterocycles. The second kappa shape index (κ2) is 17.4. The Balaban J connectivity index is 1.30.